The molecular weight excluding hydrogens is 226 g/mol. The molecule has 18 heavy (non-hydrogen) atoms. The fraction of sp³-hybridized carbons (Fsp3) is 0.786. The van der Waals surface area contributed by atoms with Crippen LogP contribution in [-0.2, 0) is 24.1 Å². The van der Waals surface area contributed by atoms with Gasteiger partial charge in [-0.25, -0.2) is 4.98 Å². The predicted octanol–water partition coefficient (Wildman–Crippen LogP) is 1.93. The van der Waals surface area contributed by atoms with Crippen molar-refractivity contribution in [2.45, 2.75) is 46.2 Å². The van der Waals surface area contributed by atoms with E-state index >= 15 is 0 Å². The highest BCUT2D eigenvalue weighted by Crippen LogP contribution is 2.26. The largest absolute Gasteiger partial charge is 0.383 e. The molecule has 102 valence electrons. The molecule has 0 aromatic carbocycles. The van der Waals surface area contributed by atoms with Crippen molar-refractivity contribution in [2.24, 2.45) is 5.92 Å². The quantitative estimate of drug-likeness (QED) is 0.869. The van der Waals surface area contributed by atoms with Crippen molar-refractivity contribution in [3.63, 3.8) is 0 Å². The molecule has 1 aliphatic heterocycles. The van der Waals surface area contributed by atoms with Crippen LogP contribution in [0, 0.1) is 5.92 Å². The molecule has 1 N–H and O–H groups in total. The third-order valence-corrected chi connectivity index (χ3v) is 3.75. The Morgan fingerprint density at radius 3 is 2.83 bits per heavy atom. The number of hydrogen-bond donors (Lipinski definition) is 1. The summed E-state index contributed by atoms with van der Waals surface area (Å²) in [5.41, 5.74) is 2.65. The molecule has 0 saturated heterocycles. The Hall–Kier alpha value is -0.870. The molecule has 0 amide bonds. The Morgan fingerprint density at radius 2 is 2.22 bits per heavy atom. The number of methoxy groups -OCH3 is 1. The lowest BCUT2D eigenvalue weighted by Gasteiger charge is -2.27. The molecule has 2 rings (SSSR count). The molecule has 0 aliphatic carbocycles. The van der Waals surface area contributed by atoms with E-state index in [9.17, 15) is 0 Å². The van der Waals surface area contributed by atoms with E-state index in [2.05, 4.69) is 30.7 Å². The van der Waals surface area contributed by atoms with Gasteiger partial charge in [0.25, 0.3) is 0 Å². The van der Waals surface area contributed by atoms with Gasteiger partial charge in [-0.1, -0.05) is 20.8 Å². The Morgan fingerprint density at radius 1 is 1.44 bits per heavy atom. The van der Waals surface area contributed by atoms with Crippen LogP contribution in [0.3, 0.4) is 0 Å². The summed E-state index contributed by atoms with van der Waals surface area (Å²) >= 11 is 0. The summed E-state index contributed by atoms with van der Waals surface area (Å²) in [5.74, 6) is 1.77. The van der Waals surface area contributed by atoms with Crippen LogP contribution < -0.4 is 5.32 Å². The molecule has 0 fully saturated rings. The van der Waals surface area contributed by atoms with Crippen molar-refractivity contribution in [2.75, 3.05) is 20.3 Å². The Kier molecular flexibility index (Phi) is 4.40. The van der Waals surface area contributed by atoms with Gasteiger partial charge in [-0.2, -0.15) is 0 Å². The van der Waals surface area contributed by atoms with Gasteiger partial charge in [0.2, 0.25) is 0 Å². The van der Waals surface area contributed by atoms with Crippen LogP contribution in [0.4, 0.5) is 0 Å². The van der Waals surface area contributed by atoms with Gasteiger partial charge >= 0.3 is 0 Å². The third-order valence-electron chi connectivity index (χ3n) is 3.75. The van der Waals surface area contributed by atoms with E-state index in [-0.39, 0.29) is 0 Å². The predicted molar refractivity (Wildman–Crippen MR) is 72.8 cm³/mol. The van der Waals surface area contributed by atoms with Crippen molar-refractivity contribution in [3.05, 3.63) is 17.2 Å². The number of aryl methyl sites for hydroxylation is 1. The maximum atomic E-state index is 5.42. The second-order valence-electron chi connectivity index (χ2n) is 5.34. The molecular formula is C14H25N3O. The molecule has 0 radical (unpaired) electrons. The Bertz CT molecular complexity index is 398. The van der Waals surface area contributed by atoms with Crippen LogP contribution in [-0.4, -0.2) is 29.8 Å². The standard InChI is InChI=1S/C14H25N3O/c1-5-14-16-11-8-15-7-6-12(11)17(14)13(9-18-4)10(2)3/h10,13,15H,5-9H2,1-4H3. The van der Waals surface area contributed by atoms with E-state index in [0.717, 1.165) is 32.5 Å². The number of ether oxygens (including phenoxy) is 1. The second-order valence-corrected chi connectivity index (χ2v) is 5.34. The zero-order valence-electron chi connectivity index (χ0n) is 12.0. The highest BCUT2D eigenvalue weighted by molar-refractivity contribution is 5.21. The highest BCUT2D eigenvalue weighted by atomic mass is 16.5. The number of imidazole rings is 1. The lowest BCUT2D eigenvalue weighted by atomic mass is 10.0. The topological polar surface area (TPSA) is 39.1 Å². The van der Waals surface area contributed by atoms with Crippen molar-refractivity contribution >= 4 is 0 Å². The monoisotopic (exact) mass is 251 g/mol. The van der Waals surface area contributed by atoms with Crippen LogP contribution in [0.5, 0.6) is 0 Å². The minimum Gasteiger partial charge on any atom is -0.383 e. The van der Waals surface area contributed by atoms with Gasteiger partial charge < -0.3 is 14.6 Å². The number of aromatic nitrogens is 2. The SMILES string of the molecule is CCc1nc2c(n1C(COC)C(C)C)CCNC2. The molecule has 0 spiro atoms. The van der Waals surface area contributed by atoms with Gasteiger partial charge in [0, 0.05) is 38.7 Å². The zero-order valence-corrected chi connectivity index (χ0v) is 12.0. The Balaban J connectivity index is 2.42. The van der Waals surface area contributed by atoms with E-state index in [1.807, 2.05) is 0 Å². The molecule has 0 saturated carbocycles. The van der Waals surface area contributed by atoms with Gasteiger partial charge in [0.05, 0.1) is 18.3 Å². The summed E-state index contributed by atoms with van der Waals surface area (Å²) in [6.45, 7) is 9.43. The number of nitrogens with zero attached hydrogens (tertiary/aromatic N) is 2. The average molecular weight is 251 g/mol. The average Bonchev–Trinajstić information content (AvgIpc) is 2.74. The first-order valence-electron chi connectivity index (χ1n) is 6.97. The second kappa shape index (κ2) is 5.85. The first kappa shape index (κ1) is 13.6. The fourth-order valence-electron chi connectivity index (χ4n) is 2.77. The van der Waals surface area contributed by atoms with Gasteiger partial charge in [0.15, 0.2) is 0 Å². The first-order valence-corrected chi connectivity index (χ1v) is 6.97. The van der Waals surface area contributed by atoms with Crippen molar-refractivity contribution < 1.29 is 4.74 Å². The van der Waals surface area contributed by atoms with Crippen LogP contribution in [0.1, 0.15) is 44.0 Å². The maximum absolute atomic E-state index is 5.42. The lowest BCUT2D eigenvalue weighted by molar-refractivity contribution is 0.130. The van der Waals surface area contributed by atoms with Crippen LogP contribution in [0.25, 0.3) is 0 Å². The summed E-state index contributed by atoms with van der Waals surface area (Å²) < 4.78 is 7.86. The molecule has 2 heterocycles. The molecule has 0 bridgehead atoms. The van der Waals surface area contributed by atoms with E-state index in [0.29, 0.717) is 12.0 Å². The maximum Gasteiger partial charge on any atom is 0.109 e. The molecule has 4 heteroatoms. The van der Waals surface area contributed by atoms with Crippen molar-refractivity contribution in [1.29, 1.82) is 0 Å². The van der Waals surface area contributed by atoms with E-state index in [1.54, 1.807) is 7.11 Å². The number of rotatable bonds is 5. The van der Waals surface area contributed by atoms with Gasteiger partial charge in [-0.15, -0.1) is 0 Å². The number of nitrogens with one attached hydrogen (secondary N) is 1. The van der Waals surface area contributed by atoms with E-state index < -0.39 is 0 Å². The van der Waals surface area contributed by atoms with Crippen LogP contribution >= 0.6 is 0 Å². The molecule has 1 aromatic heterocycles. The molecule has 1 atom stereocenters. The minimum absolute atomic E-state index is 0.402. The number of hydrogen-bond acceptors (Lipinski definition) is 3. The third kappa shape index (κ3) is 2.45. The summed E-state index contributed by atoms with van der Waals surface area (Å²) in [6, 6.07) is 0.402. The first-order chi connectivity index (χ1) is 8.69. The number of fused-ring (bicyclic) bond motifs is 1. The van der Waals surface area contributed by atoms with Gasteiger partial charge in [0.1, 0.15) is 5.82 Å². The molecule has 1 unspecified atom stereocenters. The summed E-state index contributed by atoms with van der Waals surface area (Å²) in [5, 5.41) is 3.40. The van der Waals surface area contributed by atoms with E-state index in [1.165, 1.54) is 17.2 Å². The summed E-state index contributed by atoms with van der Waals surface area (Å²) in [4.78, 5) is 4.80. The van der Waals surface area contributed by atoms with E-state index in [4.69, 9.17) is 9.72 Å². The van der Waals surface area contributed by atoms with Gasteiger partial charge in [-0.3, -0.25) is 0 Å². The summed E-state index contributed by atoms with van der Waals surface area (Å²) in [7, 11) is 1.78. The van der Waals surface area contributed by atoms with Crippen LogP contribution in [0.15, 0.2) is 0 Å². The van der Waals surface area contributed by atoms with Crippen molar-refractivity contribution in [1.82, 2.24) is 14.9 Å². The Labute approximate surface area is 110 Å². The zero-order chi connectivity index (χ0) is 13.1. The van der Waals surface area contributed by atoms with Crippen molar-refractivity contribution in [3.8, 4) is 0 Å². The highest BCUT2D eigenvalue weighted by Gasteiger charge is 2.25. The summed E-state index contributed by atoms with van der Waals surface area (Å²) in [6.07, 6.45) is 2.06. The minimum atomic E-state index is 0.402. The van der Waals surface area contributed by atoms with Crippen LogP contribution in [0.2, 0.25) is 0 Å². The fourth-order valence-corrected chi connectivity index (χ4v) is 2.77. The molecule has 1 aromatic rings. The molecule has 4 nitrogen and oxygen atoms in total. The normalized spacial score (nSPS) is 16.9. The smallest absolute Gasteiger partial charge is 0.109 e. The van der Waals surface area contributed by atoms with Gasteiger partial charge in [-0.05, 0) is 5.92 Å². The lowest BCUT2D eigenvalue weighted by Crippen LogP contribution is -2.29. The molecule has 1 aliphatic rings.